The minimum atomic E-state index is -3.05. The fraction of sp³-hybridized carbons (Fsp3) is 0.409. The number of amides is 1. The maximum Gasteiger partial charge on any atom is 0.235 e. The van der Waals surface area contributed by atoms with Gasteiger partial charge in [0.2, 0.25) is 5.91 Å². The van der Waals surface area contributed by atoms with Crippen LogP contribution in [0.1, 0.15) is 24.6 Å². The summed E-state index contributed by atoms with van der Waals surface area (Å²) in [6.07, 6.45) is 0.492. The van der Waals surface area contributed by atoms with Gasteiger partial charge in [-0.3, -0.25) is 4.79 Å². The Morgan fingerprint density at radius 2 is 1.97 bits per heavy atom. The molecule has 31 heavy (non-hydrogen) atoms. The molecule has 0 spiro atoms. The van der Waals surface area contributed by atoms with Gasteiger partial charge in [-0.1, -0.05) is 42.1 Å². The number of hydrogen-bond donors (Lipinski definition) is 0. The van der Waals surface area contributed by atoms with E-state index in [-0.39, 0.29) is 23.5 Å². The molecule has 0 radical (unpaired) electrons. The van der Waals surface area contributed by atoms with Crippen LogP contribution in [0.4, 0.5) is 0 Å². The third kappa shape index (κ3) is 4.34. The topological polar surface area (TPSA) is 84.6 Å². The van der Waals surface area contributed by atoms with Gasteiger partial charge >= 0.3 is 0 Å². The zero-order chi connectivity index (χ0) is 22.3. The van der Waals surface area contributed by atoms with E-state index in [0.29, 0.717) is 11.6 Å². The summed E-state index contributed by atoms with van der Waals surface area (Å²) in [6, 6.07) is 11.7. The summed E-state index contributed by atoms with van der Waals surface area (Å²) in [4.78, 5) is 19.5. The lowest BCUT2D eigenvalue weighted by molar-refractivity contribution is -0.130. The van der Waals surface area contributed by atoms with E-state index in [0.717, 1.165) is 28.0 Å². The quantitative estimate of drug-likeness (QED) is 0.546. The molecular weight excluding hydrogens is 432 g/mol. The zero-order valence-electron chi connectivity index (χ0n) is 18.1. The summed E-state index contributed by atoms with van der Waals surface area (Å²) < 4.78 is 25.4. The maximum atomic E-state index is 13.0. The summed E-state index contributed by atoms with van der Waals surface area (Å²) in [5, 5.41) is 4.89. The molecule has 0 aliphatic carbocycles. The summed E-state index contributed by atoms with van der Waals surface area (Å²) in [7, 11) is -1.36. The molecule has 2 atom stereocenters. The second-order valence-electron chi connectivity index (χ2n) is 8.10. The number of aryl methyl sites for hydroxylation is 2. The van der Waals surface area contributed by atoms with Crippen molar-refractivity contribution >= 4 is 33.0 Å². The van der Waals surface area contributed by atoms with Gasteiger partial charge in [0.05, 0.1) is 33.7 Å². The Labute approximate surface area is 186 Å². The Morgan fingerprint density at radius 3 is 2.61 bits per heavy atom. The van der Waals surface area contributed by atoms with Crippen LogP contribution >= 0.6 is 11.8 Å². The predicted molar refractivity (Wildman–Crippen MR) is 123 cm³/mol. The number of thioether (sulfide) groups is 1. The molecule has 164 valence electrons. The van der Waals surface area contributed by atoms with Gasteiger partial charge in [-0.05, 0) is 38.8 Å². The average Bonchev–Trinajstić information content (AvgIpc) is 3.27. The lowest BCUT2D eigenvalue weighted by Gasteiger charge is -2.26. The van der Waals surface area contributed by atoms with E-state index in [9.17, 15) is 13.2 Å². The van der Waals surface area contributed by atoms with Gasteiger partial charge in [0.25, 0.3) is 0 Å². The number of fused-ring (bicyclic) bond motifs is 1. The van der Waals surface area contributed by atoms with Crippen LogP contribution in [0, 0.1) is 13.8 Å². The predicted octanol–water partition coefficient (Wildman–Crippen LogP) is 3.14. The molecule has 1 fully saturated rings. The molecule has 1 aliphatic rings. The Balaban J connectivity index is 1.66. The molecule has 0 bridgehead atoms. The van der Waals surface area contributed by atoms with Crippen molar-refractivity contribution < 1.29 is 13.2 Å². The second kappa shape index (κ2) is 8.27. The van der Waals surface area contributed by atoms with E-state index < -0.39 is 15.1 Å². The van der Waals surface area contributed by atoms with Gasteiger partial charge in [0, 0.05) is 18.7 Å². The zero-order valence-corrected chi connectivity index (χ0v) is 19.7. The molecule has 1 saturated heterocycles. The van der Waals surface area contributed by atoms with Crippen molar-refractivity contribution in [2.45, 2.75) is 43.6 Å². The van der Waals surface area contributed by atoms with Crippen LogP contribution in [0.25, 0.3) is 16.8 Å². The largest absolute Gasteiger partial charge is 0.341 e. The van der Waals surface area contributed by atoms with Crippen LogP contribution in [0.2, 0.25) is 0 Å². The fourth-order valence-electron chi connectivity index (χ4n) is 4.04. The molecular formula is C22H26N4O3S2. The Hall–Kier alpha value is -2.39. The molecule has 3 aromatic rings. The average molecular weight is 459 g/mol. The van der Waals surface area contributed by atoms with Crippen molar-refractivity contribution in [3.63, 3.8) is 0 Å². The van der Waals surface area contributed by atoms with Crippen molar-refractivity contribution in [1.29, 1.82) is 0 Å². The standard InChI is InChI=1S/C22H26N4O3S2/c1-14-12-15(2)24-26-20(14)19(17-8-6-5-7-9-17)23-22(26)30-16(3)21(27)25(4)18-10-11-31(28,29)13-18/h5-9,12,16,18H,10-11,13H2,1-4H3/t16-,18+/m1/s1. The van der Waals surface area contributed by atoms with Crippen LogP contribution in [-0.2, 0) is 14.6 Å². The molecule has 3 heterocycles. The van der Waals surface area contributed by atoms with Gasteiger partial charge in [-0.15, -0.1) is 0 Å². The number of hydrogen-bond acceptors (Lipinski definition) is 6. The Bertz CT molecular complexity index is 1240. The number of benzene rings is 1. The smallest absolute Gasteiger partial charge is 0.235 e. The minimum absolute atomic E-state index is 0.0387. The molecule has 1 amide bonds. The van der Waals surface area contributed by atoms with Gasteiger partial charge in [-0.25, -0.2) is 17.9 Å². The molecule has 0 unspecified atom stereocenters. The highest BCUT2D eigenvalue weighted by Gasteiger charge is 2.34. The number of nitrogens with zero attached hydrogens (tertiary/aromatic N) is 4. The first kappa shape index (κ1) is 21.8. The Kier molecular flexibility index (Phi) is 5.83. The first-order valence-electron chi connectivity index (χ1n) is 10.2. The van der Waals surface area contributed by atoms with Crippen molar-refractivity contribution in [1.82, 2.24) is 19.5 Å². The van der Waals surface area contributed by atoms with Crippen LogP contribution < -0.4 is 0 Å². The lowest BCUT2D eigenvalue weighted by Crippen LogP contribution is -2.41. The van der Waals surface area contributed by atoms with Crippen molar-refractivity contribution in [2.24, 2.45) is 0 Å². The van der Waals surface area contributed by atoms with Gasteiger partial charge in [-0.2, -0.15) is 5.10 Å². The highest BCUT2D eigenvalue weighted by atomic mass is 32.2. The maximum absolute atomic E-state index is 13.0. The molecule has 9 heteroatoms. The summed E-state index contributed by atoms with van der Waals surface area (Å²) in [5.41, 5.74) is 4.69. The Morgan fingerprint density at radius 1 is 1.26 bits per heavy atom. The molecule has 4 rings (SSSR count). The molecule has 2 aromatic heterocycles. The van der Waals surface area contributed by atoms with Gasteiger partial charge in [0.1, 0.15) is 0 Å². The van der Waals surface area contributed by atoms with Gasteiger partial charge in [0.15, 0.2) is 15.0 Å². The van der Waals surface area contributed by atoms with E-state index in [1.165, 1.54) is 11.8 Å². The van der Waals surface area contributed by atoms with E-state index in [2.05, 4.69) is 5.10 Å². The van der Waals surface area contributed by atoms with Crippen molar-refractivity contribution in [2.75, 3.05) is 18.6 Å². The second-order valence-corrected chi connectivity index (χ2v) is 11.6. The first-order valence-corrected chi connectivity index (χ1v) is 12.9. The van der Waals surface area contributed by atoms with Crippen LogP contribution in [0.5, 0.6) is 0 Å². The number of aromatic nitrogens is 3. The number of sulfone groups is 1. The summed E-state index contributed by atoms with van der Waals surface area (Å²) in [5.74, 6) is 0.0799. The highest BCUT2D eigenvalue weighted by molar-refractivity contribution is 8.00. The van der Waals surface area contributed by atoms with E-state index in [4.69, 9.17) is 4.98 Å². The number of rotatable bonds is 5. The molecule has 0 N–H and O–H groups in total. The number of imidazole rings is 1. The SMILES string of the molecule is Cc1cc(C)c2c(-c3ccccc3)nc(S[C@H](C)C(=O)N(C)[C@H]3CCS(=O)(=O)C3)n2n1. The molecule has 0 saturated carbocycles. The van der Waals surface area contributed by atoms with Crippen LogP contribution in [-0.4, -0.2) is 63.7 Å². The third-order valence-electron chi connectivity index (χ3n) is 5.66. The molecule has 1 aromatic carbocycles. The number of carbonyl (C=O) groups excluding carboxylic acids is 1. The van der Waals surface area contributed by atoms with Gasteiger partial charge < -0.3 is 4.90 Å². The van der Waals surface area contributed by atoms with E-state index in [1.807, 2.05) is 61.7 Å². The minimum Gasteiger partial charge on any atom is -0.341 e. The third-order valence-corrected chi connectivity index (χ3v) is 8.44. The first-order chi connectivity index (χ1) is 14.7. The van der Waals surface area contributed by atoms with Crippen LogP contribution in [0.3, 0.4) is 0 Å². The van der Waals surface area contributed by atoms with Crippen molar-refractivity contribution in [3.05, 3.63) is 47.7 Å². The highest BCUT2D eigenvalue weighted by Crippen LogP contribution is 2.33. The van der Waals surface area contributed by atoms with E-state index in [1.54, 1.807) is 11.9 Å². The molecule has 1 aliphatic heterocycles. The lowest BCUT2D eigenvalue weighted by atomic mass is 10.1. The number of carbonyl (C=O) groups is 1. The van der Waals surface area contributed by atoms with Crippen LogP contribution in [0.15, 0.2) is 41.6 Å². The summed E-state index contributed by atoms with van der Waals surface area (Å²) >= 11 is 1.35. The summed E-state index contributed by atoms with van der Waals surface area (Å²) in [6.45, 7) is 5.81. The monoisotopic (exact) mass is 458 g/mol. The van der Waals surface area contributed by atoms with Crippen molar-refractivity contribution in [3.8, 4) is 11.3 Å². The van der Waals surface area contributed by atoms with E-state index >= 15 is 0 Å². The fourth-order valence-corrected chi connectivity index (χ4v) is 6.77. The normalized spacial score (nSPS) is 18.9. The molecule has 7 nitrogen and oxygen atoms in total.